The normalized spacial score (nSPS) is 30.8. The van der Waals surface area contributed by atoms with Crippen LogP contribution in [0.4, 0.5) is 13.6 Å². The van der Waals surface area contributed by atoms with Crippen molar-refractivity contribution in [3.05, 3.63) is 73.9 Å². The van der Waals surface area contributed by atoms with E-state index in [9.17, 15) is 54.4 Å². The molecule has 338 valence electrons. The highest BCUT2D eigenvalue weighted by atomic mass is 19.1. The molecule has 0 bridgehead atoms. The highest BCUT2D eigenvalue weighted by molar-refractivity contribution is 6.01. The smallest absolute Gasteiger partial charge is 0.493 e. The van der Waals surface area contributed by atoms with Gasteiger partial charge in [0.15, 0.2) is 29.6 Å². The first kappa shape index (κ1) is 47.0. The Balaban J connectivity index is 1.33. The summed E-state index contributed by atoms with van der Waals surface area (Å²) in [5.41, 5.74) is -8.69. The number of halogens is 2. The van der Waals surface area contributed by atoms with E-state index in [-0.39, 0.29) is 43.1 Å². The number of hydrogen-bond acceptors (Lipinski definition) is 18. The van der Waals surface area contributed by atoms with Crippen LogP contribution in [0.15, 0.2) is 48.1 Å². The summed E-state index contributed by atoms with van der Waals surface area (Å²) in [5, 5.41) is 42.4. The van der Waals surface area contributed by atoms with Crippen molar-refractivity contribution in [2.45, 2.75) is 88.4 Å². The average molecular weight is 881 g/mol. The Hall–Kier alpha value is -6.03. The van der Waals surface area contributed by atoms with Gasteiger partial charge in [-0.1, -0.05) is 19.1 Å². The number of unbranched alkanes of at least 4 members (excludes halogenated alkanes) is 1. The lowest BCUT2D eigenvalue weighted by Crippen LogP contribution is -2.71. The first-order valence-corrected chi connectivity index (χ1v) is 19.5. The van der Waals surface area contributed by atoms with E-state index in [1.807, 2.05) is 0 Å². The van der Waals surface area contributed by atoms with Crippen molar-refractivity contribution in [3.63, 3.8) is 0 Å². The Bertz CT molecular complexity index is 2040. The summed E-state index contributed by atoms with van der Waals surface area (Å²) in [6, 6.07) is 4.07. The highest BCUT2D eigenvalue weighted by Gasteiger charge is 2.79. The van der Waals surface area contributed by atoms with Crippen molar-refractivity contribution in [1.29, 1.82) is 0 Å². The molecule has 4 aliphatic rings. The molecule has 22 heteroatoms. The van der Waals surface area contributed by atoms with E-state index in [1.165, 1.54) is 51.3 Å². The quantitative estimate of drug-likeness (QED) is 0.0379. The summed E-state index contributed by atoms with van der Waals surface area (Å²) in [5.74, 6) is -6.42. The Morgan fingerprint density at radius 1 is 0.935 bits per heavy atom. The van der Waals surface area contributed by atoms with Gasteiger partial charge in [0.05, 0.1) is 33.0 Å². The number of aliphatic hydroxyl groups excluding tert-OH is 2. The van der Waals surface area contributed by atoms with Crippen LogP contribution in [0.3, 0.4) is 0 Å². The molecule has 0 aliphatic heterocycles. The van der Waals surface area contributed by atoms with E-state index in [0.29, 0.717) is 12.0 Å². The molecule has 0 radical (unpaired) electrons. The summed E-state index contributed by atoms with van der Waals surface area (Å²) >= 11 is 0. The molecule has 0 saturated heterocycles. The van der Waals surface area contributed by atoms with Crippen molar-refractivity contribution >= 4 is 35.7 Å². The zero-order chi connectivity index (χ0) is 45.6. The molecule has 0 amide bonds. The number of fused-ring (bicyclic) bond motifs is 5. The number of carbonyl (C=O) groups excluding carboxylic acids is 5. The number of nitrogens with zero attached hydrogens (tertiary/aromatic N) is 2. The molecule has 9 atom stereocenters. The largest absolute Gasteiger partial charge is 0.514 e. The molecule has 62 heavy (non-hydrogen) atoms. The second kappa shape index (κ2) is 18.9. The van der Waals surface area contributed by atoms with Gasteiger partial charge in [0.25, 0.3) is 10.2 Å². The molecule has 3 saturated carbocycles. The number of ketones is 2. The van der Waals surface area contributed by atoms with Crippen LogP contribution in [0, 0.1) is 42.9 Å². The fourth-order valence-electron chi connectivity index (χ4n) is 9.49. The number of allylic oxidation sites excluding steroid dienone is 4. The molecule has 1 aromatic carbocycles. The van der Waals surface area contributed by atoms with E-state index < -0.39 is 131 Å². The molecule has 0 heterocycles. The van der Waals surface area contributed by atoms with E-state index in [0.717, 1.165) is 18.2 Å². The van der Waals surface area contributed by atoms with Gasteiger partial charge in [0.1, 0.15) is 12.3 Å². The van der Waals surface area contributed by atoms with Crippen LogP contribution in [0.1, 0.15) is 64.4 Å². The maximum absolute atomic E-state index is 17.8. The number of hydrogen-bond donors (Lipinski definition) is 2. The number of carbonyl (C=O) groups is 5. The van der Waals surface area contributed by atoms with Crippen LogP contribution < -0.4 is 9.47 Å². The van der Waals surface area contributed by atoms with Crippen LogP contribution in [-0.2, 0) is 43.1 Å². The summed E-state index contributed by atoms with van der Waals surface area (Å²) < 4.78 is 60.3. The van der Waals surface area contributed by atoms with Crippen molar-refractivity contribution in [2.75, 3.05) is 33.5 Å². The fourth-order valence-corrected chi connectivity index (χ4v) is 9.49. The lowest BCUT2D eigenvalue weighted by molar-refractivity contribution is -0.757. The minimum atomic E-state index is -2.64. The minimum Gasteiger partial charge on any atom is -0.493 e. The van der Waals surface area contributed by atoms with Gasteiger partial charge in [0, 0.05) is 29.2 Å². The van der Waals surface area contributed by atoms with Crippen LogP contribution in [0.2, 0.25) is 0 Å². The van der Waals surface area contributed by atoms with Gasteiger partial charge in [-0.2, -0.15) is 0 Å². The molecular formula is C40H46F2N2O18. The fraction of sp³-hybridized carbons (Fsp3) is 0.575. The summed E-state index contributed by atoms with van der Waals surface area (Å²) in [4.78, 5) is 94.4. The lowest BCUT2D eigenvalue weighted by Gasteiger charge is -2.63. The van der Waals surface area contributed by atoms with Gasteiger partial charge in [-0.15, -0.1) is 20.2 Å². The van der Waals surface area contributed by atoms with E-state index in [1.54, 1.807) is 0 Å². The second-order valence-electron chi connectivity index (χ2n) is 15.7. The number of methoxy groups -OCH3 is 1. The van der Waals surface area contributed by atoms with E-state index >= 15 is 8.78 Å². The zero-order valence-electron chi connectivity index (χ0n) is 33.9. The number of esters is 2. The van der Waals surface area contributed by atoms with Crippen LogP contribution in [-0.4, -0.2) is 113 Å². The number of alkyl halides is 2. The highest BCUT2D eigenvalue weighted by Crippen LogP contribution is 2.70. The number of rotatable bonds is 19. The molecular weight excluding hydrogens is 834 g/mol. The third-order valence-electron chi connectivity index (χ3n) is 12.3. The summed E-state index contributed by atoms with van der Waals surface area (Å²) in [6.07, 6.45) is -3.36. The lowest BCUT2D eigenvalue weighted by atomic mass is 9.44. The third kappa shape index (κ3) is 9.10. The SMILES string of the molecule is COc1cc(/C=C/C(=O)OCCCCO[N+](=O)[O-])ccc1OC(=O)OCC(=O)[C@@]1(OC(=O)CCCO[N+](=O)[O-])[C@H](O)CC2C3C[C@H](F)C4=CC(=O)C=C[C@]4(C)[C@@]3(F)[C@@H](O)C[C@@]21C. The molecule has 0 spiro atoms. The van der Waals surface area contributed by atoms with Crippen LogP contribution in [0.5, 0.6) is 11.5 Å². The zero-order valence-corrected chi connectivity index (χ0v) is 33.9. The predicted molar refractivity (Wildman–Crippen MR) is 203 cm³/mol. The molecule has 5 rings (SSSR count). The van der Waals surface area contributed by atoms with Gasteiger partial charge in [-0.3, -0.25) is 14.4 Å². The number of aliphatic hydroxyl groups is 2. The second-order valence-corrected chi connectivity index (χ2v) is 15.7. The topological polar surface area (TPSA) is 277 Å². The summed E-state index contributed by atoms with van der Waals surface area (Å²) in [6.45, 7) is 0.822. The first-order chi connectivity index (χ1) is 29.2. The molecule has 2 unspecified atom stereocenters. The van der Waals surface area contributed by atoms with E-state index in [4.69, 9.17) is 23.7 Å². The number of ether oxygens (including phenoxy) is 5. The van der Waals surface area contributed by atoms with Crippen LogP contribution in [0.25, 0.3) is 6.08 Å². The Kier molecular flexibility index (Phi) is 14.4. The Morgan fingerprint density at radius 2 is 1.61 bits per heavy atom. The first-order valence-electron chi connectivity index (χ1n) is 19.5. The third-order valence-corrected chi connectivity index (χ3v) is 12.3. The number of benzene rings is 1. The van der Waals surface area contributed by atoms with Crippen molar-refractivity contribution in [2.24, 2.45) is 22.7 Å². The minimum absolute atomic E-state index is 0.0188. The van der Waals surface area contributed by atoms with Crippen molar-refractivity contribution in [1.82, 2.24) is 0 Å². The van der Waals surface area contributed by atoms with Gasteiger partial charge in [-0.05, 0) is 92.9 Å². The molecule has 4 aliphatic carbocycles. The standard InChI is InChI=1S/C40H46F2N2O18/c1-37-13-12-24(45)18-27(37)28(41)19-26-25-20-31(46)40(38(25,2)21-32(47)39(26,37)42,62-35(50)7-6-16-60-44(54)55)33(48)22-58-36(51)61-29-10-8-23(17-30(29)56-3)9-11-34(49)57-14-4-5-15-59-43(52)53/h8-13,17-18,25-26,28,31-32,46-47H,4-7,14-16,19-22H2,1-3H3/b11-9+/t25?,26?,28-,31+,32-,37-,38-,39-,40-/m0/s1. The maximum Gasteiger partial charge on any atom is 0.514 e. The van der Waals surface area contributed by atoms with Crippen molar-refractivity contribution < 1.29 is 86.5 Å². The molecule has 0 aromatic heterocycles. The molecule has 3 fully saturated rings. The van der Waals surface area contributed by atoms with Gasteiger partial charge < -0.3 is 43.6 Å². The predicted octanol–water partition coefficient (Wildman–Crippen LogP) is 3.88. The number of Topliss-reactive ketones (excluding diaryl/α,β-unsaturated/α-hetero) is 1. The summed E-state index contributed by atoms with van der Waals surface area (Å²) in [7, 11) is 1.24. The average Bonchev–Trinajstić information content (AvgIpc) is 3.43. The van der Waals surface area contributed by atoms with Crippen molar-refractivity contribution in [3.8, 4) is 11.5 Å². The van der Waals surface area contributed by atoms with E-state index in [2.05, 4.69) is 9.68 Å². The van der Waals surface area contributed by atoms with Gasteiger partial charge in [0.2, 0.25) is 11.4 Å². The van der Waals surface area contributed by atoms with Gasteiger partial charge in [-0.25, -0.2) is 18.4 Å². The van der Waals surface area contributed by atoms with Crippen LogP contribution >= 0.6 is 0 Å². The molecule has 1 aromatic rings. The van der Waals surface area contributed by atoms with Gasteiger partial charge >= 0.3 is 18.1 Å². The molecule has 20 nitrogen and oxygen atoms in total. The molecule has 2 N–H and O–H groups in total. The Morgan fingerprint density at radius 3 is 2.29 bits per heavy atom. The Labute approximate surface area is 351 Å². The maximum atomic E-state index is 17.8. The monoisotopic (exact) mass is 880 g/mol.